The molecule has 3 N–H and O–H groups in total. The van der Waals surface area contributed by atoms with Gasteiger partial charge in [-0.2, -0.15) is 0 Å². The first-order chi connectivity index (χ1) is 27.3. The lowest BCUT2D eigenvalue weighted by atomic mass is 9.75. The Bertz CT molecular complexity index is 2490. The predicted molar refractivity (Wildman–Crippen MR) is 205 cm³/mol. The van der Waals surface area contributed by atoms with Crippen LogP contribution in [-0.4, -0.2) is 90.2 Å². The number of carbonyl (C=O) groups excluding carboxylic acids is 2. The Kier molecular flexibility index (Phi) is 7.30. The Morgan fingerprint density at radius 3 is 2.63 bits per heavy atom. The molecule has 0 saturated carbocycles. The number of phenolic OH excluding ortho intramolecular Hbond substituents is 1. The van der Waals surface area contributed by atoms with Gasteiger partial charge in [-0.25, -0.2) is 4.79 Å². The first kappa shape index (κ1) is 35.5. The second kappa shape index (κ2) is 11.7. The summed E-state index contributed by atoms with van der Waals surface area (Å²) in [5, 5.41) is 29.1. The number of aryl methyl sites for hydroxylation is 1. The lowest BCUT2D eigenvalue weighted by molar-refractivity contribution is -0.196. The van der Waals surface area contributed by atoms with Crippen LogP contribution in [0.3, 0.4) is 0 Å². The zero-order chi connectivity index (χ0) is 39.5. The number of benzene rings is 3. The molecule has 8 aliphatic heterocycles. The summed E-state index contributed by atoms with van der Waals surface area (Å²) in [4.78, 5) is 32.3. The van der Waals surface area contributed by atoms with Gasteiger partial charge >= 0.3 is 11.9 Å². The van der Waals surface area contributed by atoms with Gasteiger partial charge in [0, 0.05) is 77.0 Å². The van der Waals surface area contributed by atoms with Crippen LogP contribution in [-0.2, 0) is 31.8 Å². The minimum atomic E-state index is -1.39. The Morgan fingerprint density at radius 1 is 1.05 bits per heavy atom. The van der Waals surface area contributed by atoms with Crippen LogP contribution in [0, 0.1) is 13.8 Å². The fraction of sp³-hybridized carbons (Fsp3) is 0.476. The van der Waals surface area contributed by atoms with Crippen molar-refractivity contribution in [1.29, 1.82) is 0 Å². The third-order valence-electron chi connectivity index (χ3n) is 13.7. The number of ether oxygens (including phenoxy) is 6. The van der Waals surface area contributed by atoms with Crippen LogP contribution in [0.25, 0.3) is 11.0 Å². The number of aliphatic hydroxyl groups is 1. The topological polar surface area (TPSA) is 162 Å². The van der Waals surface area contributed by atoms with Gasteiger partial charge in [-0.1, -0.05) is 0 Å². The number of nitrogens with one attached hydrogen (secondary N) is 1. The van der Waals surface area contributed by atoms with Crippen molar-refractivity contribution >= 4 is 34.7 Å². The third-order valence-corrected chi connectivity index (χ3v) is 15.1. The predicted octanol–water partition coefficient (Wildman–Crippen LogP) is 4.90. The molecule has 3 aromatic carbocycles. The molecule has 1 aromatic heterocycles. The maximum atomic E-state index is 14.9. The summed E-state index contributed by atoms with van der Waals surface area (Å²) in [5.74, 6) is 2.07. The average molecular weight is 798 g/mol. The van der Waals surface area contributed by atoms with Gasteiger partial charge in [0.15, 0.2) is 28.5 Å². The number of piperazine rings is 1. The summed E-state index contributed by atoms with van der Waals surface area (Å²) in [6, 6.07) is 5.94. The molecule has 7 atom stereocenters. The van der Waals surface area contributed by atoms with Crippen LogP contribution in [0.1, 0.15) is 82.3 Å². The molecule has 9 heterocycles. The molecule has 298 valence electrons. The van der Waals surface area contributed by atoms with Gasteiger partial charge in [-0.15, -0.1) is 11.8 Å². The number of thioether (sulfide) groups is 1. The van der Waals surface area contributed by atoms with Crippen molar-refractivity contribution in [2.75, 3.05) is 46.5 Å². The van der Waals surface area contributed by atoms with E-state index in [9.17, 15) is 19.8 Å². The van der Waals surface area contributed by atoms with Gasteiger partial charge < -0.3 is 43.1 Å². The Morgan fingerprint density at radius 2 is 1.86 bits per heavy atom. The number of carbonyl (C=O) groups is 2. The minimum Gasteiger partial charge on any atom is -0.504 e. The quantitative estimate of drug-likeness (QED) is 0.190. The summed E-state index contributed by atoms with van der Waals surface area (Å²) >= 11 is 1.50. The lowest BCUT2D eigenvalue weighted by Gasteiger charge is -2.59. The number of nitrogens with zero attached hydrogens (tertiary/aromatic N) is 2. The summed E-state index contributed by atoms with van der Waals surface area (Å²) in [6.45, 7) is 7.80. The number of methoxy groups -OCH3 is 2. The molecule has 1 spiro atoms. The summed E-state index contributed by atoms with van der Waals surface area (Å²) in [7, 11) is 3.17. The van der Waals surface area contributed by atoms with Crippen molar-refractivity contribution in [1.82, 2.24) is 15.1 Å². The number of hydrogen-bond donors (Lipinski definition) is 3. The molecule has 4 bridgehead atoms. The van der Waals surface area contributed by atoms with E-state index in [1.807, 2.05) is 32.0 Å². The smallest absolute Gasteiger partial charge is 0.335 e. The molecule has 8 aliphatic rings. The van der Waals surface area contributed by atoms with Gasteiger partial charge in [0.2, 0.25) is 6.79 Å². The highest BCUT2D eigenvalue weighted by atomic mass is 32.2. The average Bonchev–Trinajstić information content (AvgIpc) is 3.93. The molecule has 3 fully saturated rings. The largest absolute Gasteiger partial charge is 0.504 e. The van der Waals surface area contributed by atoms with Crippen LogP contribution >= 0.6 is 11.8 Å². The van der Waals surface area contributed by atoms with E-state index in [1.165, 1.54) is 18.7 Å². The fourth-order valence-corrected chi connectivity index (χ4v) is 13.2. The molecule has 15 heteroatoms. The van der Waals surface area contributed by atoms with E-state index < -0.39 is 52.1 Å². The SMILES string of the molecule is COc1ccc2oc3c(c2c1)CCN[C@]31CS[C@@H]2c3c(OC(C)=O)c(C)c4c(c3[C@H](COC1=O)N1[C@@H]2[C@H]2c3c(cc(C)c(OC)c3O)C3(C)C[C@@]1(O)CN23)OCO4. The number of esters is 2. The van der Waals surface area contributed by atoms with E-state index in [1.54, 1.807) is 14.2 Å². The lowest BCUT2D eigenvalue weighted by Crippen LogP contribution is -2.67. The summed E-state index contributed by atoms with van der Waals surface area (Å²) in [5.41, 5.74) is 2.55. The van der Waals surface area contributed by atoms with Gasteiger partial charge in [0.25, 0.3) is 0 Å². The standard InChI is InChI=1S/C42H43N3O11S/c1-18-11-24-27(32(47)33(18)51-6)30-31-37-29-28(36-35(53-17-54-36)19(2)34(29)55-20(3)46)25(45(31)41(49)14-40(24,4)44(30)15-41)13-52-39(48)42(16-57-37)38-22(9-10-43-42)23-12-21(50-5)7-8-26(23)56-38/h7-8,11-12,25,30-31,37,43,47,49H,9-10,13-17H2,1-6H3/t25-,30+,31+,37+,40?,41+,42+/m0/s1. The molecule has 57 heavy (non-hydrogen) atoms. The molecule has 0 amide bonds. The highest BCUT2D eigenvalue weighted by molar-refractivity contribution is 7.99. The third kappa shape index (κ3) is 4.36. The molecule has 0 aliphatic carbocycles. The summed E-state index contributed by atoms with van der Waals surface area (Å²) < 4.78 is 43.0. The molecule has 0 radical (unpaired) electrons. The van der Waals surface area contributed by atoms with Gasteiger partial charge in [0.1, 0.15) is 35.2 Å². The van der Waals surface area contributed by atoms with Crippen LogP contribution in [0.15, 0.2) is 28.7 Å². The number of furan rings is 1. The zero-order valence-corrected chi connectivity index (χ0v) is 33.3. The van der Waals surface area contributed by atoms with Gasteiger partial charge in [-0.3, -0.25) is 19.9 Å². The maximum Gasteiger partial charge on any atom is 0.335 e. The van der Waals surface area contributed by atoms with Crippen LogP contribution in [0.4, 0.5) is 0 Å². The van der Waals surface area contributed by atoms with Gasteiger partial charge in [0.05, 0.1) is 31.6 Å². The Hall–Kier alpha value is -4.67. The molecule has 1 unspecified atom stereocenters. The minimum absolute atomic E-state index is 0.0499. The molecular weight excluding hydrogens is 755 g/mol. The van der Waals surface area contributed by atoms with E-state index in [0.717, 1.165) is 27.6 Å². The van der Waals surface area contributed by atoms with Crippen molar-refractivity contribution in [3.63, 3.8) is 0 Å². The van der Waals surface area contributed by atoms with Crippen molar-refractivity contribution in [3.05, 3.63) is 69.0 Å². The molecule has 14 nitrogen and oxygen atoms in total. The van der Waals surface area contributed by atoms with E-state index in [-0.39, 0.29) is 31.4 Å². The van der Waals surface area contributed by atoms with E-state index in [4.69, 9.17) is 32.8 Å². The summed E-state index contributed by atoms with van der Waals surface area (Å²) in [6.07, 6.45) is 0.946. The fourth-order valence-electron chi connectivity index (χ4n) is 11.5. The van der Waals surface area contributed by atoms with Crippen LogP contribution < -0.4 is 29.0 Å². The van der Waals surface area contributed by atoms with Crippen molar-refractivity contribution < 1.29 is 52.6 Å². The molecule has 3 saturated heterocycles. The second-order valence-corrected chi connectivity index (χ2v) is 17.7. The van der Waals surface area contributed by atoms with Crippen molar-refractivity contribution in [2.45, 2.75) is 80.7 Å². The number of aromatic hydroxyl groups is 1. The first-order valence-corrected chi connectivity index (χ1v) is 20.4. The molecule has 4 aromatic rings. The van der Waals surface area contributed by atoms with Crippen molar-refractivity contribution in [2.24, 2.45) is 0 Å². The number of hydrogen-bond acceptors (Lipinski definition) is 15. The van der Waals surface area contributed by atoms with E-state index in [0.29, 0.717) is 76.2 Å². The van der Waals surface area contributed by atoms with Crippen LogP contribution in [0.5, 0.6) is 34.5 Å². The van der Waals surface area contributed by atoms with Gasteiger partial charge in [-0.05, 0) is 62.6 Å². The highest BCUT2D eigenvalue weighted by Crippen LogP contribution is 2.71. The first-order valence-electron chi connectivity index (χ1n) is 19.3. The van der Waals surface area contributed by atoms with E-state index >= 15 is 0 Å². The number of rotatable bonds is 3. The number of fused-ring (bicyclic) bond motifs is 11. The highest BCUT2D eigenvalue weighted by Gasteiger charge is 2.72. The van der Waals surface area contributed by atoms with E-state index in [2.05, 4.69) is 28.1 Å². The normalized spacial score (nSPS) is 31.8. The number of phenols is 1. The molecule has 12 rings (SSSR count). The van der Waals surface area contributed by atoms with Crippen LogP contribution in [0.2, 0.25) is 0 Å². The Balaban J connectivity index is 1.18. The van der Waals surface area contributed by atoms with Crippen molar-refractivity contribution in [3.8, 4) is 34.5 Å². The monoisotopic (exact) mass is 797 g/mol. The molecular formula is C42H43N3O11S. The zero-order valence-electron chi connectivity index (χ0n) is 32.4. The second-order valence-electron chi connectivity index (χ2n) is 16.6. The maximum absolute atomic E-state index is 14.9. The Labute approximate surface area is 332 Å².